The van der Waals surface area contributed by atoms with Crippen molar-refractivity contribution < 1.29 is 0 Å². The summed E-state index contributed by atoms with van der Waals surface area (Å²) in [5, 5.41) is 0. The molecule has 2 unspecified atom stereocenters. The van der Waals surface area contributed by atoms with Crippen LogP contribution >= 0.6 is 0 Å². The Labute approximate surface area is 76.7 Å². The van der Waals surface area contributed by atoms with Crippen molar-refractivity contribution in [2.24, 2.45) is 23.5 Å². The lowest BCUT2D eigenvalue weighted by Crippen LogP contribution is -2.20. The first-order valence-corrected chi connectivity index (χ1v) is 5.42. The summed E-state index contributed by atoms with van der Waals surface area (Å²) in [7, 11) is 0. The van der Waals surface area contributed by atoms with E-state index in [1.165, 1.54) is 32.1 Å². The molecule has 1 saturated carbocycles. The van der Waals surface area contributed by atoms with Gasteiger partial charge >= 0.3 is 0 Å². The van der Waals surface area contributed by atoms with Crippen molar-refractivity contribution in [2.45, 2.75) is 46.0 Å². The summed E-state index contributed by atoms with van der Waals surface area (Å²) in [6, 6.07) is 0. The maximum absolute atomic E-state index is 5.51. The van der Waals surface area contributed by atoms with Crippen LogP contribution in [0, 0.1) is 17.8 Å². The number of hydrogen-bond acceptors (Lipinski definition) is 1. The standard InChI is InChI=1S/C11H23N/c1-9-6-10(2)8-11(7-9)4-3-5-12/h9-11H,3-8,12H2,1-2H3. The van der Waals surface area contributed by atoms with E-state index in [-0.39, 0.29) is 0 Å². The molecule has 2 atom stereocenters. The Morgan fingerprint density at radius 2 is 1.67 bits per heavy atom. The van der Waals surface area contributed by atoms with Crippen LogP contribution in [-0.2, 0) is 0 Å². The maximum Gasteiger partial charge on any atom is -0.00772 e. The molecule has 12 heavy (non-hydrogen) atoms. The Hall–Kier alpha value is -0.0400. The molecule has 0 heterocycles. The molecule has 0 saturated heterocycles. The van der Waals surface area contributed by atoms with Gasteiger partial charge in [0.15, 0.2) is 0 Å². The predicted molar refractivity (Wildman–Crippen MR) is 54.0 cm³/mol. The van der Waals surface area contributed by atoms with Crippen molar-refractivity contribution >= 4 is 0 Å². The molecule has 1 fully saturated rings. The van der Waals surface area contributed by atoms with Gasteiger partial charge in [-0.3, -0.25) is 0 Å². The van der Waals surface area contributed by atoms with Crippen LogP contribution in [0.1, 0.15) is 46.0 Å². The third-order valence-electron chi connectivity index (χ3n) is 3.09. The van der Waals surface area contributed by atoms with E-state index in [0.29, 0.717) is 0 Å². The maximum atomic E-state index is 5.51. The molecule has 0 spiro atoms. The van der Waals surface area contributed by atoms with E-state index in [1.807, 2.05) is 0 Å². The monoisotopic (exact) mass is 169 g/mol. The third kappa shape index (κ3) is 3.14. The van der Waals surface area contributed by atoms with E-state index < -0.39 is 0 Å². The molecule has 0 aromatic heterocycles. The average Bonchev–Trinajstić information content (AvgIpc) is 1.99. The van der Waals surface area contributed by atoms with Crippen LogP contribution in [0.3, 0.4) is 0 Å². The first-order valence-electron chi connectivity index (χ1n) is 5.42. The van der Waals surface area contributed by atoms with Crippen LogP contribution in [0.25, 0.3) is 0 Å². The highest BCUT2D eigenvalue weighted by Gasteiger charge is 2.22. The molecule has 0 aliphatic heterocycles. The highest BCUT2D eigenvalue weighted by molar-refractivity contribution is 4.74. The summed E-state index contributed by atoms with van der Waals surface area (Å²) < 4.78 is 0. The molecule has 1 heteroatoms. The molecule has 1 nitrogen and oxygen atoms in total. The zero-order chi connectivity index (χ0) is 8.97. The second kappa shape index (κ2) is 4.86. The Bertz CT molecular complexity index is 112. The summed E-state index contributed by atoms with van der Waals surface area (Å²) in [6.45, 7) is 5.66. The summed E-state index contributed by atoms with van der Waals surface area (Å²) in [5.41, 5.74) is 5.51. The Morgan fingerprint density at radius 3 is 2.17 bits per heavy atom. The van der Waals surface area contributed by atoms with Crippen molar-refractivity contribution in [3.8, 4) is 0 Å². The summed E-state index contributed by atoms with van der Waals surface area (Å²) in [5.74, 6) is 2.89. The second-order valence-corrected chi connectivity index (χ2v) is 4.71. The molecule has 1 aliphatic carbocycles. The first kappa shape index (κ1) is 10.0. The van der Waals surface area contributed by atoms with Crippen LogP contribution < -0.4 is 5.73 Å². The van der Waals surface area contributed by atoms with E-state index in [1.54, 1.807) is 0 Å². The fourth-order valence-electron chi connectivity index (χ4n) is 2.76. The molecule has 0 amide bonds. The van der Waals surface area contributed by atoms with Crippen molar-refractivity contribution in [3.05, 3.63) is 0 Å². The predicted octanol–water partition coefficient (Wildman–Crippen LogP) is 2.80. The third-order valence-corrected chi connectivity index (χ3v) is 3.09. The lowest BCUT2D eigenvalue weighted by Gasteiger charge is -2.31. The fourth-order valence-corrected chi connectivity index (χ4v) is 2.76. The van der Waals surface area contributed by atoms with Gasteiger partial charge in [0.05, 0.1) is 0 Å². The zero-order valence-corrected chi connectivity index (χ0v) is 8.55. The smallest absolute Gasteiger partial charge is 0.00772 e. The first-order chi connectivity index (χ1) is 5.72. The molecular formula is C11H23N. The van der Waals surface area contributed by atoms with Crippen LogP contribution in [0.2, 0.25) is 0 Å². The lowest BCUT2D eigenvalue weighted by molar-refractivity contribution is 0.208. The van der Waals surface area contributed by atoms with Crippen molar-refractivity contribution in [1.29, 1.82) is 0 Å². The van der Waals surface area contributed by atoms with Gasteiger partial charge in [-0.25, -0.2) is 0 Å². The largest absolute Gasteiger partial charge is 0.330 e. The van der Waals surface area contributed by atoms with Gasteiger partial charge in [-0.05, 0) is 56.4 Å². The van der Waals surface area contributed by atoms with Crippen molar-refractivity contribution in [1.82, 2.24) is 0 Å². The molecule has 0 bridgehead atoms. The molecule has 2 N–H and O–H groups in total. The quantitative estimate of drug-likeness (QED) is 0.690. The molecule has 72 valence electrons. The van der Waals surface area contributed by atoms with E-state index in [9.17, 15) is 0 Å². The van der Waals surface area contributed by atoms with Crippen LogP contribution in [0.5, 0.6) is 0 Å². The summed E-state index contributed by atoms with van der Waals surface area (Å²) in [6.07, 6.45) is 6.93. The van der Waals surface area contributed by atoms with Gasteiger partial charge in [0.2, 0.25) is 0 Å². The van der Waals surface area contributed by atoms with Crippen LogP contribution in [-0.4, -0.2) is 6.54 Å². The number of nitrogens with two attached hydrogens (primary N) is 1. The van der Waals surface area contributed by atoms with Crippen LogP contribution in [0.4, 0.5) is 0 Å². The van der Waals surface area contributed by atoms with Crippen molar-refractivity contribution in [2.75, 3.05) is 6.54 Å². The second-order valence-electron chi connectivity index (χ2n) is 4.71. The minimum atomic E-state index is 0.874. The van der Waals surface area contributed by atoms with E-state index in [2.05, 4.69) is 13.8 Å². The summed E-state index contributed by atoms with van der Waals surface area (Å²) in [4.78, 5) is 0. The Morgan fingerprint density at radius 1 is 1.08 bits per heavy atom. The van der Waals surface area contributed by atoms with Crippen molar-refractivity contribution in [3.63, 3.8) is 0 Å². The van der Waals surface area contributed by atoms with Gasteiger partial charge in [-0.2, -0.15) is 0 Å². The van der Waals surface area contributed by atoms with Crippen LogP contribution in [0.15, 0.2) is 0 Å². The lowest BCUT2D eigenvalue weighted by atomic mass is 9.75. The molecule has 1 aliphatic rings. The topological polar surface area (TPSA) is 26.0 Å². The van der Waals surface area contributed by atoms with E-state index >= 15 is 0 Å². The molecule has 0 radical (unpaired) electrons. The number of rotatable bonds is 3. The van der Waals surface area contributed by atoms with Gasteiger partial charge in [-0.15, -0.1) is 0 Å². The zero-order valence-electron chi connectivity index (χ0n) is 8.55. The van der Waals surface area contributed by atoms with Gasteiger partial charge in [0.25, 0.3) is 0 Å². The molecule has 0 aromatic rings. The average molecular weight is 169 g/mol. The highest BCUT2D eigenvalue weighted by atomic mass is 14.5. The molecule has 1 rings (SSSR count). The Balaban J connectivity index is 2.24. The molecular weight excluding hydrogens is 146 g/mol. The van der Waals surface area contributed by atoms with Gasteiger partial charge < -0.3 is 5.73 Å². The minimum Gasteiger partial charge on any atom is -0.330 e. The molecule has 0 aromatic carbocycles. The number of hydrogen-bond donors (Lipinski definition) is 1. The SMILES string of the molecule is CC1CC(C)CC(CCCN)C1. The summed E-state index contributed by atoms with van der Waals surface area (Å²) >= 11 is 0. The normalized spacial score (nSPS) is 36.8. The minimum absolute atomic E-state index is 0.874. The van der Waals surface area contributed by atoms with E-state index in [4.69, 9.17) is 5.73 Å². The van der Waals surface area contributed by atoms with Gasteiger partial charge in [-0.1, -0.05) is 13.8 Å². The van der Waals surface area contributed by atoms with E-state index in [0.717, 1.165) is 24.3 Å². The highest BCUT2D eigenvalue weighted by Crippen LogP contribution is 2.34. The Kier molecular flexibility index (Phi) is 4.07. The van der Waals surface area contributed by atoms with Gasteiger partial charge in [0, 0.05) is 0 Å². The van der Waals surface area contributed by atoms with Gasteiger partial charge in [0.1, 0.15) is 0 Å². The fraction of sp³-hybridized carbons (Fsp3) is 1.00.